The highest BCUT2D eigenvalue weighted by molar-refractivity contribution is 9.10. The van der Waals surface area contributed by atoms with Crippen molar-refractivity contribution < 1.29 is 4.79 Å². The number of ketones is 1. The van der Waals surface area contributed by atoms with Crippen LogP contribution in [0.15, 0.2) is 30.3 Å². The smallest absolute Gasteiger partial charge is 0.176 e. The molecular formula is C10H11BrO. The lowest BCUT2D eigenvalue weighted by Crippen LogP contribution is -2.12. The summed E-state index contributed by atoms with van der Waals surface area (Å²) in [5, 5.41) is 0. The molecule has 64 valence electrons. The standard InChI is InChI=1S/C10H11BrO/c1-2-9(11)10(12)8-6-4-3-5-7-8/h3-7,9H,2H2,1H3/t9-/m0/s1. The van der Waals surface area contributed by atoms with E-state index < -0.39 is 0 Å². The van der Waals surface area contributed by atoms with Gasteiger partial charge in [-0.15, -0.1) is 0 Å². The van der Waals surface area contributed by atoms with E-state index in [0.717, 1.165) is 12.0 Å². The Kier molecular flexibility index (Phi) is 3.48. The molecule has 0 aliphatic carbocycles. The predicted octanol–water partition coefficient (Wildman–Crippen LogP) is 3.04. The van der Waals surface area contributed by atoms with Crippen molar-refractivity contribution >= 4 is 21.7 Å². The van der Waals surface area contributed by atoms with Crippen LogP contribution in [-0.2, 0) is 0 Å². The van der Waals surface area contributed by atoms with E-state index in [2.05, 4.69) is 15.9 Å². The molecule has 1 rings (SSSR count). The molecule has 0 aliphatic rings. The Morgan fingerprint density at radius 1 is 1.42 bits per heavy atom. The number of alkyl halides is 1. The van der Waals surface area contributed by atoms with Crippen molar-refractivity contribution in [1.82, 2.24) is 0 Å². The number of benzene rings is 1. The first-order valence-corrected chi connectivity index (χ1v) is 4.90. The Hall–Kier alpha value is -0.630. The molecule has 0 unspecified atom stereocenters. The molecule has 12 heavy (non-hydrogen) atoms. The van der Waals surface area contributed by atoms with Crippen LogP contribution in [0.5, 0.6) is 0 Å². The minimum atomic E-state index is -0.0418. The van der Waals surface area contributed by atoms with Gasteiger partial charge in [0.2, 0.25) is 0 Å². The Labute approximate surface area is 80.9 Å². The van der Waals surface area contributed by atoms with Gasteiger partial charge in [-0.1, -0.05) is 53.2 Å². The maximum atomic E-state index is 11.5. The lowest BCUT2D eigenvalue weighted by molar-refractivity contribution is 0.0990. The van der Waals surface area contributed by atoms with Gasteiger partial charge >= 0.3 is 0 Å². The minimum absolute atomic E-state index is 0.0418. The molecule has 0 amide bonds. The van der Waals surface area contributed by atoms with Gasteiger partial charge in [0.05, 0.1) is 4.83 Å². The zero-order valence-corrected chi connectivity index (χ0v) is 8.54. The molecule has 0 fully saturated rings. The van der Waals surface area contributed by atoms with Gasteiger partial charge in [0.1, 0.15) is 0 Å². The summed E-state index contributed by atoms with van der Waals surface area (Å²) in [5.41, 5.74) is 0.779. The average molecular weight is 227 g/mol. The molecule has 0 spiro atoms. The Morgan fingerprint density at radius 2 is 2.00 bits per heavy atom. The fraction of sp³-hybridized carbons (Fsp3) is 0.300. The number of hydrogen-bond donors (Lipinski definition) is 0. The van der Waals surface area contributed by atoms with E-state index in [9.17, 15) is 4.79 Å². The van der Waals surface area contributed by atoms with Gasteiger partial charge in [-0.3, -0.25) is 4.79 Å². The second-order valence-corrected chi connectivity index (χ2v) is 3.71. The summed E-state index contributed by atoms with van der Waals surface area (Å²) in [5.74, 6) is 0.165. The fourth-order valence-corrected chi connectivity index (χ4v) is 1.23. The van der Waals surface area contributed by atoms with E-state index >= 15 is 0 Å². The molecule has 1 atom stereocenters. The summed E-state index contributed by atoms with van der Waals surface area (Å²) in [6, 6.07) is 9.34. The molecule has 0 bridgehead atoms. The largest absolute Gasteiger partial charge is 0.293 e. The first kappa shape index (κ1) is 9.46. The molecule has 0 heterocycles. The van der Waals surface area contributed by atoms with E-state index in [0.29, 0.717) is 0 Å². The Morgan fingerprint density at radius 3 is 2.50 bits per heavy atom. The summed E-state index contributed by atoms with van der Waals surface area (Å²) < 4.78 is 0. The lowest BCUT2D eigenvalue weighted by Gasteiger charge is -2.04. The van der Waals surface area contributed by atoms with Crippen molar-refractivity contribution in [1.29, 1.82) is 0 Å². The van der Waals surface area contributed by atoms with Crippen molar-refractivity contribution in [2.45, 2.75) is 18.2 Å². The average Bonchev–Trinajstić information content (AvgIpc) is 2.17. The van der Waals surface area contributed by atoms with Gasteiger partial charge in [-0.05, 0) is 6.42 Å². The second-order valence-electron chi connectivity index (χ2n) is 2.61. The first-order chi connectivity index (χ1) is 5.75. The van der Waals surface area contributed by atoms with E-state index in [1.807, 2.05) is 37.3 Å². The van der Waals surface area contributed by atoms with E-state index in [-0.39, 0.29) is 10.6 Å². The van der Waals surface area contributed by atoms with Gasteiger partial charge < -0.3 is 0 Å². The van der Waals surface area contributed by atoms with Gasteiger partial charge in [0.25, 0.3) is 0 Å². The molecule has 0 aromatic heterocycles. The maximum absolute atomic E-state index is 11.5. The topological polar surface area (TPSA) is 17.1 Å². The Bertz CT molecular complexity index is 256. The summed E-state index contributed by atoms with van der Waals surface area (Å²) in [6.45, 7) is 1.99. The molecule has 0 saturated carbocycles. The van der Waals surface area contributed by atoms with Crippen molar-refractivity contribution in [3.8, 4) is 0 Å². The van der Waals surface area contributed by atoms with Crippen molar-refractivity contribution in [2.75, 3.05) is 0 Å². The number of Topliss-reactive ketones (excluding diaryl/α,β-unsaturated/α-hetero) is 1. The third-order valence-electron chi connectivity index (χ3n) is 1.70. The first-order valence-electron chi connectivity index (χ1n) is 3.99. The summed E-state index contributed by atoms with van der Waals surface area (Å²) in [6.07, 6.45) is 0.827. The molecule has 1 aromatic rings. The molecule has 2 heteroatoms. The molecule has 0 aliphatic heterocycles. The van der Waals surface area contributed by atoms with Crippen LogP contribution in [0.1, 0.15) is 23.7 Å². The minimum Gasteiger partial charge on any atom is -0.293 e. The quantitative estimate of drug-likeness (QED) is 0.572. The second kappa shape index (κ2) is 4.41. The third kappa shape index (κ3) is 2.18. The van der Waals surface area contributed by atoms with Crippen LogP contribution in [0.2, 0.25) is 0 Å². The lowest BCUT2D eigenvalue weighted by atomic mass is 10.1. The number of hydrogen-bond acceptors (Lipinski definition) is 1. The number of carbonyl (C=O) groups is 1. The van der Waals surface area contributed by atoms with Gasteiger partial charge in [-0.25, -0.2) is 0 Å². The third-order valence-corrected chi connectivity index (χ3v) is 2.76. The summed E-state index contributed by atoms with van der Waals surface area (Å²) in [7, 11) is 0. The number of carbonyl (C=O) groups excluding carboxylic acids is 1. The predicted molar refractivity (Wildman–Crippen MR) is 53.8 cm³/mol. The monoisotopic (exact) mass is 226 g/mol. The van der Waals surface area contributed by atoms with Crippen LogP contribution in [0.4, 0.5) is 0 Å². The van der Waals surface area contributed by atoms with Crippen LogP contribution in [0, 0.1) is 0 Å². The molecular weight excluding hydrogens is 216 g/mol. The van der Waals surface area contributed by atoms with E-state index in [1.54, 1.807) is 0 Å². The fourth-order valence-electron chi connectivity index (χ4n) is 0.969. The van der Waals surface area contributed by atoms with Crippen LogP contribution in [-0.4, -0.2) is 10.6 Å². The van der Waals surface area contributed by atoms with Crippen molar-refractivity contribution in [3.05, 3.63) is 35.9 Å². The zero-order chi connectivity index (χ0) is 8.97. The normalized spacial score (nSPS) is 12.5. The number of halogens is 1. The number of rotatable bonds is 3. The van der Waals surface area contributed by atoms with Crippen molar-refractivity contribution in [3.63, 3.8) is 0 Å². The highest BCUT2D eigenvalue weighted by Gasteiger charge is 2.13. The van der Waals surface area contributed by atoms with Gasteiger partial charge in [0.15, 0.2) is 5.78 Å². The highest BCUT2D eigenvalue weighted by Crippen LogP contribution is 2.12. The molecule has 0 N–H and O–H groups in total. The van der Waals surface area contributed by atoms with Gasteiger partial charge in [0, 0.05) is 5.56 Å². The summed E-state index contributed by atoms with van der Waals surface area (Å²) in [4.78, 5) is 11.5. The van der Waals surface area contributed by atoms with E-state index in [4.69, 9.17) is 0 Å². The van der Waals surface area contributed by atoms with E-state index in [1.165, 1.54) is 0 Å². The molecule has 0 saturated heterocycles. The van der Waals surface area contributed by atoms with Crippen LogP contribution < -0.4 is 0 Å². The zero-order valence-electron chi connectivity index (χ0n) is 6.96. The molecule has 1 aromatic carbocycles. The van der Waals surface area contributed by atoms with Crippen LogP contribution in [0.3, 0.4) is 0 Å². The van der Waals surface area contributed by atoms with Crippen LogP contribution in [0.25, 0.3) is 0 Å². The molecule has 0 radical (unpaired) electrons. The van der Waals surface area contributed by atoms with Crippen molar-refractivity contribution in [2.24, 2.45) is 0 Å². The van der Waals surface area contributed by atoms with Gasteiger partial charge in [-0.2, -0.15) is 0 Å². The molecule has 1 nitrogen and oxygen atoms in total. The highest BCUT2D eigenvalue weighted by atomic mass is 79.9. The maximum Gasteiger partial charge on any atom is 0.176 e. The SMILES string of the molecule is CC[C@H](Br)C(=O)c1ccccc1. The Balaban J connectivity index is 2.79. The summed E-state index contributed by atoms with van der Waals surface area (Å²) >= 11 is 3.33. The van der Waals surface area contributed by atoms with Crippen LogP contribution >= 0.6 is 15.9 Å².